The van der Waals surface area contributed by atoms with Gasteiger partial charge in [0.05, 0.1) is 0 Å². The summed E-state index contributed by atoms with van der Waals surface area (Å²) in [5.41, 5.74) is 9.76. The average molecular weight is 256 g/mol. The molecule has 1 aromatic rings. The molecule has 0 amide bonds. The van der Waals surface area contributed by atoms with Crippen molar-refractivity contribution in [3.05, 3.63) is 29.3 Å². The molecule has 2 fully saturated rings. The van der Waals surface area contributed by atoms with E-state index < -0.39 is 0 Å². The summed E-state index contributed by atoms with van der Waals surface area (Å²) in [5.74, 6) is 3.03. The van der Waals surface area contributed by atoms with E-state index in [1.807, 2.05) is 6.07 Å². The van der Waals surface area contributed by atoms with Crippen LogP contribution >= 0.6 is 0 Å². The van der Waals surface area contributed by atoms with Gasteiger partial charge in [-0.15, -0.1) is 0 Å². The van der Waals surface area contributed by atoms with Gasteiger partial charge in [0.15, 0.2) is 0 Å². The van der Waals surface area contributed by atoms with Crippen molar-refractivity contribution >= 4 is 5.69 Å². The highest BCUT2D eigenvalue weighted by molar-refractivity contribution is 5.46. The van der Waals surface area contributed by atoms with Crippen molar-refractivity contribution in [1.82, 2.24) is 4.90 Å². The average Bonchev–Trinajstić information content (AvgIpc) is 3.11. The van der Waals surface area contributed by atoms with Gasteiger partial charge >= 0.3 is 0 Å². The van der Waals surface area contributed by atoms with E-state index >= 15 is 0 Å². The summed E-state index contributed by atoms with van der Waals surface area (Å²) >= 11 is 0. The molecule has 2 bridgehead atoms. The highest BCUT2D eigenvalue weighted by Crippen LogP contribution is 2.50. The lowest BCUT2D eigenvalue weighted by atomic mass is 9.83. The predicted molar refractivity (Wildman–Crippen MR) is 78.5 cm³/mol. The summed E-state index contributed by atoms with van der Waals surface area (Å²) in [4.78, 5) is 2.68. The summed E-state index contributed by atoms with van der Waals surface area (Å²) in [7, 11) is 0. The molecule has 0 radical (unpaired) electrons. The molecule has 2 heteroatoms. The SMILES string of the molecule is CC(C1CC2CCC1C2)N1Cc2ccc(N)cc2C1. The second-order valence-corrected chi connectivity index (χ2v) is 7.01. The maximum Gasteiger partial charge on any atom is 0.0317 e. The second-order valence-electron chi connectivity index (χ2n) is 7.01. The predicted octanol–water partition coefficient (Wildman–Crippen LogP) is 3.41. The van der Waals surface area contributed by atoms with Gasteiger partial charge in [0, 0.05) is 24.8 Å². The number of hydrogen-bond donors (Lipinski definition) is 1. The molecule has 2 saturated carbocycles. The van der Waals surface area contributed by atoms with Crippen LogP contribution in [0.15, 0.2) is 18.2 Å². The third-order valence-corrected chi connectivity index (χ3v) is 5.97. The van der Waals surface area contributed by atoms with Crippen LogP contribution < -0.4 is 5.73 Å². The van der Waals surface area contributed by atoms with Gasteiger partial charge in [-0.3, -0.25) is 4.90 Å². The van der Waals surface area contributed by atoms with Crippen molar-refractivity contribution in [3.63, 3.8) is 0 Å². The van der Waals surface area contributed by atoms with Crippen molar-refractivity contribution in [2.75, 3.05) is 5.73 Å². The van der Waals surface area contributed by atoms with Crippen LogP contribution in [0.1, 0.15) is 43.7 Å². The van der Waals surface area contributed by atoms with Gasteiger partial charge in [0.1, 0.15) is 0 Å². The zero-order valence-corrected chi connectivity index (χ0v) is 11.8. The summed E-state index contributed by atoms with van der Waals surface area (Å²) in [6.07, 6.45) is 6.00. The number of nitrogens with zero attached hydrogens (tertiary/aromatic N) is 1. The molecular weight excluding hydrogens is 232 g/mol. The van der Waals surface area contributed by atoms with Gasteiger partial charge in [-0.05, 0) is 67.2 Å². The van der Waals surface area contributed by atoms with Crippen molar-refractivity contribution in [1.29, 1.82) is 0 Å². The Bertz CT molecular complexity index is 496. The number of anilines is 1. The molecule has 0 aromatic heterocycles. The maximum absolute atomic E-state index is 5.91. The first-order chi connectivity index (χ1) is 9.20. The number of fused-ring (bicyclic) bond motifs is 3. The topological polar surface area (TPSA) is 29.3 Å². The minimum absolute atomic E-state index is 0.740. The fraction of sp³-hybridized carbons (Fsp3) is 0.647. The zero-order valence-electron chi connectivity index (χ0n) is 11.8. The molecule has 1 aliphatic heterocycles. The van der Waals surface area contributed by atoms with Crippen LogP contribution in [-0.2, 0) is 13.1 Å². The third-order valence-electron chi connectivity index (χ3n) is 5.97. The molecule has 19 heavy (non-hydrogen) atoms. The van der Waals surface area contributed by atoms with Gasteiger partial charge < -0.3 is 5.73 Å². The van der Waals surface area contributed by atoms with Gasteiger partial charge in [0.25, 0.3) is 0 Å². The number of rotatable bonds is 2. The van der Waals surface area contributed by atoms with Crippen LogP contribution in [0.3, 0.4) is 0 Å². The van der Waals surface area contributed by atoms with Gasteiger partial charge in [-0.1, -0.05) is 12.5 Å². The van der Waals surface area contributed by atoms with E-state index in [1.165, 1.54) is 36.8 Å². The molecule has 1 heterocycles. The Balaban J connectivity index is 1.50. The van der Waals surface area contributed by atoms with Crippen molar-refractivity contribution in [2.24, 2.45) is 17.8 Å². The Labute approximate surface area is 116 Å². The van der Waals surface area contributed by atoms with Crippen molar-refractivity contribution in [2.45, 2.75) is 51.7 Å². The molecule has 2 aliphatic carbocycles. The summed E-state index contributed by atoms with van der Waals surface area (Å²) in [6.45, 7) is 4.70. The molecule has 3 aliphatic rings. The first-order valence-corrected chi connectivity index (χ1v) is 7.82. The van der Waals surface area contributed by atoms with Crippen LogP contribution in [0, 0.1) is 17.8 Å². The Morgan fingerprint density at radius 3 is 2.74 bits per heavy atom. The number of benzene rings is 1. The lowest BCUT2D eigenvalue weighted by Gasteiger charge is -2.34. The lowest BCUT2D eigenvalue weighted by Crippen LogP contribution is -2.37. The van der Waals surface area contributed by atoms with Gasteiger partial charge in [-0.25, -0.2) is 0 Å². The van der Waals surface area contributed by atoms with Crippen LogP contribution in [0.4, 0.5) is 5.69 Å². The van der Waals surface area contributed by atoms with Crippen LogP contribution in [0.5, 0.6) is 0 Å². The Hall–Kier alpha value is -1.02. The molecule has 0 saturated heterocycles. The van der Waals surface area contributed by atoms with Gasteiger partial charge in [0.2, 0.25) is 0 Å². The number of nitrogen functional groups attached to an aromatic ring is 1. The standard InChI is InChI=1S/C17H24N2/c1-11(17-7-12-2-3-13(17)6-12)19-9-14-4-5-16(18)8-15(14)10-19/h4-5,8,11-13,17H,2-3,6-7,9-10,18H2,1H3. The first-order valence-electron chi connectivity index (χ1n) is 7.82. The second kappa shape index (κ2) is 4.24. The van der Waals surface area contributed by atoms with Crippen molar-refractivity contribution < 1.29 is 0 Å². The summed E-state index contributed by atoms with van der Waals surface area (Å²) in [6, 6.07) is 7.18. The molecule has 4 atom stereocenters. The smallest absolute Gasteiger partial charge is 0.0317 e. The first kappa shape index (κ1) is 11.8. The van der Waals surface area contributed by atoms with Crippen LogP contribution in [-0.4, -0.2) is 10.9 Å². The lowest BCUT2D eigenvalue weighted by molar-refractivity contribution is 0.118. The zero-order chi connectivity index (χ0) is 13.0. The Morgan fingerprint density at radius 1 is 1.16 bits per heavy atom. The third kappa shape index (κ3) is 1.88. The highest BCUT2D eigenvalue weighted by atomic mass is 15.2. The molecule has 2 N–H and O–H groups in total. The molecule has 4 rings (SSSR count). The molecule has 4 unspecified atom stereocenters. The molecule has 0 spiro atoms. The molecule has 2 nitrogen and oxygen atoms in total. The number of hydrogen-bond acceptors (Lipinski definition) is 2. The minimum atomic E-state index is 0.740. The van der Waals surface area contributed by atoms with E-state index in [9.17, 15) is 0 Å². The van der Waals surface area contributed by atoms with Crippen LogP contribution in [0.25, 0.3) is 0 Å². The minimum Gasteiger partial charge on any atom is -0.399 e. The molecular formula is C17H24N2. The summed E-state index contributed by atoms with van der Waals surface area (Å²) in [5, 5.41) is 0. The van der Waals surface area contributed by atoms with Crippen LogP contribution in [0.2, 0.25) is 0 Å². The van der Waals surface area contributed by atoms with E-state index in [2.05, 4.69) is 24.0 Å². The van der Waals surface area contributed by atoms with Gasteiger partial charge in [-0.2, -0.15) is 0 Å². The molecule has 102 valence electrons. The Morgan fingerprint density at radius 2 is 2.00 bits per heavy atom. The monoisotopic (exact) mass is 256 g/mol. The summed E-state index contributed by atoms with van der Waals surface area (Å²) < 4.78 is 0. The van der Waals surface area contributed by atoms with Crippen molar-refractivity contribution in [3.8, 4) is 0 Å². The Kier molecular flexibility index (Phi) is 2.63. The number of nitrogens with two attached hydrogens (primary N) is 1. The van der Waals surface area contributed by atoms with E-state index in [4.69, 9.17) is 5.73 Å². The van der Waals surface area contributed by atoms with E-state index in [0.717, 1.165) is 42.6 Å². The molecule has 1 aromatic carbocycles. The highest BCUT2D eigenvalue weighted by Gasteiger charge is 2.43. The van der Waals surface area contributed by atoms with E-state index in [0.29, 0.717) is 0 Å². The largest absolute Gasteiger partial charge is 0.399 e. The maximum atomic E-state index is 5.91. The fourth-order valence-electron chi connectivity index (χ4n) is 4.88. The van der Waals surface area contributed by atoms with E-state index in [-0.39, 0.29) is 0 Å². The fourth-order valence-corrected chi connectivity index (χ4v) is 4.88. The normalized spacial score (nSPS) is 34.7. The quantitative estimate of drug-likeness (QED) is 0.822. The van der Waals surface area contributed by atoms with E-state index in [1.54, 1.807) is 0 Å².